The Kier molecular flexibility index (Phi) is 5.57. The van der Waals surface area contributed by atoms with Gasteiger partial charge in [0.05, 0.1) is 5.75 Å². The number of carbonyl (C=O) groups excluding carboxylic acids is 2. The van der Waals surface area contributed by atoms with E-state index in [2.05, 4.69) is 15.3 Å². The number of thioether (sulfide) groups is 1. The normalized spacial score (nSPS) is 11.9. The van der Waals surface area contributed by atoms with Crippen LogP contribution in [-0.2, 0) is 14.3 Å². The molecule has 0 saturated carbocycles. The van der Waals surface area contributed by atoms with E-state index in [0.29, 0.717) is 22.3 Å². The molecule has 0 aliphatic carbocycles. The summed E-state index contributed by atoms with van der Waals surface area (Å²) in [4.78, 5) is 32.1. The molecule has 9 heteroatoms. The van der Waals surface area contributed by atoms with Gasteiger partial charge in [-0.2, -0.15) is 0 Å². The first-order chi connectivity index (χ1) is 12.5. The van der Waals surface area contributed by atoms with Crippen molar-refractivity contribution in [2.24, 2.45) is 0 Å². The van der Waals surface area contributed by atoms with Gasteiger partial charge in [0.25, 0.3) is 5.91 Å². The first-order valence-corrected chi connectivity index (χ1v) is 8.78. The van der Waals surface area contributed by atoms with Gasteiger partial charge in [0.2, 0.25) is 6.79 Å². The fourth-order valence-corrected chi connectivity index (χ4v) is 2.99. The van der Waals surface area contributed by atoms with Crippen LogP contribution in [0.3, 0.4) is 0 Å². The fraction of sp³-hybridized carbons (Fsp3) is 0.294. The van der Waals surface area contributed by atoms with Gasteiger partial charge in [-0.05, 0) is 32.0 Å². The molecular formula is C17H17N3O5S. The lowest BCUT2D eigenvalue weighted by molar-refractivity contribution is -0.144. The van der Waals surface area contributed by atoms with Crippen molar-refractivity contribution in [1.29, 1.82) is 0 Å². The molecule has 1 aliphatic rings. The van der Waals surface area contributed by atoms with Crippen molar-refractivity contribution in [3.8, 4) is 11.5 Å². The zero-order valence-corrected chi connectivity index (χ0v) is 15.1. The summed E-state index contributed by atoms with van der Waals surface area (Å²) in [5.41, 5.74) is 2.20. The number of carbonyl (C=O) groups is 2. The van der Waals surface area contributed by atoms with Crippen molar-refractivity contribution in [3.63, 3.8) is 0 Å². The molecular weight excluding hydrogens is 358 g/mol. The number of nitrogens with zero attached hydrogens (tertiary/aromatic N) is 2. The van der Waals surface area contributed by atoms with Crippen LogP contribution in [0.2, 0.25) is 0 Å². The van der Waals surface area contributed by atoms with Gasteiger partial charge >= 0.3 is 5.97 Å². The van der Waals surface area contributed by atoms with Gasteiger partial charge in [-0.1, -0.05) is 11.8 Å². The number of hydrogen-bond donors (Lipinski definition) is 1. The van der Waals surface area contributed by atoms with Crippen LogP contribution in [-0.4, -0.2) is 41.0 Å². The minimum absolute atomic E-state index is 0.0280. The second-order valence-corrected chi connectivity index (χ2v) is 6.44. The number of hydrogen-bond acceptors (Lipinski definition) is 8. The minimum atomic E-state index is -0.515. The standard InChI is InChI=1S/C17H17N3O5S/c1-10-5-11(2)19-17(18-10)26-8-16(22)23-7-15(21)20-12-3-4-13-14(6-12)25-9-24-13/h3-6H,7-9H2,1-2H3,(H,20,21). The number of fused-ring (bicyclic) bond motifs is 1. The number of nitrogens with one attached hydrogen (secondary N) is 1. The third-order valence-corrected chi connectivity index (χ3v) is 4.12. The van der Waals surface area contributed by atoms with Crippen LogP contribution in [0.1, 0.15) is 11.4 Å². The Labute approximate surface area is 154 Å². The highest BCUT2D eigenvalue weighted by molar-refractivity contribution is 7.99. The summed E-state index contributed by atoms with van der Waals surface area (Å²) in [5, 5.41) is 3.14. The quantitative estimate of drug-likeness (QED) is 0.465. The molecule has 0 saturated heterocycles. The Hall–Kier alpha value is -2.81. The third-order valence-electron chi connectivity index (χ3n) is 3.30. The van der Waals surface area contributed by atoms with E-state index in [-0.39, 0.29) is 19.2 Å². The van der Waals surface area contributed by atoms with Crippen molar-refractivity contribution >= 4 is 29.3 Å². The average Bonchev–Trinajstić information content (AvgIpc) is 3.05. The number of rotatable bonds is 6. The molecule has 0 spiro atoms. The Morgan fingerprint density at radius 3 is 2.65 bits per heavy atom. The van der Waals surface area contributed by atoms with E-state index in [0.717, 1.165) is 11.4 Å². The zero-order chi connectivity index (χ0) is 18.5. The smallest absolute Gasteiger partial charge is 0.316 e. The van der Waals surface area contributed by atoms with E-state index in [9.17, 15) is 9.59 Å². The second kappa shape index (κ2) is 8.05. The number of aromatic nitrogens is 2. The van der Waals surface area contributed by atoms with Crippen molar-refractivity contribution in [2.75, 3.05) is 24.5 Å². The molecule has 0 bridgehead atoms. The maximum atomic E-state index is 11.9. The highest BCUT2D eigenvalue weighted by Crippen LogP contribution is 2.34. The topological polar surface area (TPSA) is 99.6 Å². The molecule has 0 atom stereocenters. The number of esters is 1. The first kappa shape index (κ1) is 18.0. The van der Waals surface area contributed by atoms with Crippen LogP contribution in [0, 0.1) is 13.8 Å². The first-order valence-electron chi connectivity index (χ1n) is 7.80. The molecule has 8 nitrogen and oxygen atoms in total. The van der Waals surface area contributed by atoms with Crippen LogP contribution in [0.5, 0.6) is 11.5 Å². The Bertz CT molecular complexity index is 823. The van der Waals surface area contributed by atoms with Crippen LogP contribution in [0.15, 0.2) is 29.4 Å². The van der Waals surface area contributed by atoms with Crippen molar-refractivity contribution in [3.05, 3.63) is 35.7 Å². The summed E-state index contributed by atoms with van der Waals surface area (Å²) in [6.45, 7) is 3.50. The van der Waals surface area contributed by atoms with Gasteiger partial charge in [-0.25, -0.2) is 9.97 Å². The van der Waals surface area contributed by atoms with Gasteiger partial charge in [-0.3, -0.25) is 9.59 Å². The highest BCUT2D eigenvalue weighted by Gasteiger charge is 2.15. The monoisotopic (exact) mass is 375 g/mol. The molecule has 1 N–H and O–H groups in total. The van der Waals surface area contributed by atoms with E-state index < -0.39 is 11.9 Å². The summed E-state index contributed by atoms with van der Waals surface area (Å²) >= 11 is 1.17. The minimum Gasteiger partial charge on any atom is -0.455 e. The van der Waals surface area contributed by atoms with Crippen LogP contribution < -0.4 is 14.8 Å². The maximum absolute atomic E-state index is 11.9. The van der Waals surface area contributed by atoms with Gasteiger partial charge in [0.15, 0.2) is 23.3 Å². The summed E-state index contributed by atoms with van der Waals surface area (Å²) in [6, 6.07) is 6.88. The predicted molar refractivity (Wildman–Crippen MR) is 94.4 cm³/mol. The number of aryl methyl sites for hydroxylation is 2. The number of benzene rings is 1. The van der Waals surface area contributed by atoms with E-state index in [1.54, 1.807) is 18.2 Å². The van der Waals surface area contributed by atoms with Gasteiger partial charge in [0, 0.05) is 23.1 Å². The lowest BCUT2D eigenvalue weighted by Gasteiger charge is -2.07. The number of amides is 1. The highest BCUT2D eigenvalue weighted by atomic mass is 32.2. The lowest BCUT2D eigenvalue weighted by Crippen LogP contribution is -2.21. The van der Waals surface area contributed by atoms with E-state index >= 15 is 0 Å². The summed E-state index contributed by atoms with van der Waals surface area (Å²) in [5.74, 6) is 0.258. The molecule has 1 aromatic heterocycles. The molecule has 2 heterocycles. The Balaban J connectivity index is 1.43. The molecule has 136 valence electrons. The van der Waals surface area contributed by atoms with Gasteiger partial charge < -0.3 is 19.5 Å². The van der Waals surface area contributed by atoms with Gasteiger partial charge in [-0.15, -0.1) is 0 Å². The predicted octanol–water partition coefficient (Wildman–Crippen LogP) is 2.10. The van der Waals surface area contributed by atoms with Crippen LogP contribution in [0.4, 0.5) is 5.69 Å². The Morgan fingerprint density at radius 1 is 1.15 bits per heavy atom. The average molecular weight is 375 g/mol. The molecule has 26 heavy (non-hydrogen) atoms. The molecule has 2 aromatic rings. The summed E-state index contributed by atoms with van der Waals surface area (Å²) in [6.07, 6.45) is 0. The molecule has 1 amide bonds. The summed E-state index contributed by atoms with van der Waals surface area (Å²) < 4.78 is 15.4. The van der Waals surface area contributed by atoms with Gasteiger partial charge in [0.1, 0.15) is 0 Å². The Morgan fingerprint density at radius 2 is 1.88 bits per heavy atom. The van der Waals surface area contributed by atoms with Crippen LogP contribution >= 0.6 is 11.8 Å². The van der Waals surface area contributed by atoms with Crippen LogP contribution in [0.25, 0.3) is 0 Å². The third kappa shape index (κ3) is 4.85. The summed E-state index contributed by atoms with van der Waals surface area (Å²) in [7, 11) is 0. The molecule has 0 unspecified atom stereocenters. The number of anilines is 1. The fourth-order valence-electron chi connectivity index (χ4n) is 2.24. The second-order valence-electron chi connectivity index (χ2n) is 5.50. The molecule has 0 fully saturated rings. The van der Waals surface area contributed by atoms with E-state index in [4.69, 9.17) is 14.2 Å². The molecule has 1 aliphatic heterocycles. The van der Waals surface area contributed by atoms with E-state index in [1.165, 1.54) is 11.8 Å². The molecule has 0 radical (unpaired) electrons. The zero-order valence-electron chi connectivity index (χ0n) is 14.3. The molecule has 1 aromatic carbocycles. The SMILES string of the molecule is Cc1cc(C)nc(SCC(=O)OCC(=O)Nc2ccc3c(c2)OCO3)n1. The van der Waals surface area contributed by atoms with E-state index in [1.807, 2.05) is 19.9 Å². The largest absolute Gasteiger partial charge is 0.455 e. The molecule has 3 rings (SSSR count). The van der Waals surface area contributed by atoms with Crippen molar-refractivity contribution < 1.29 is 23.8 Å². The van der Waals surface area contributed by atoms with Crippen molar-refractivity contribution in [1.82, 2.24) is 9.97 Å². The number of ether oxygens (including phenoxy) is 3. The maximum Gasteiger partial charge on any atom is 0.316 e. The lowest BCUT2D eigenvalue weighted by atomic mass is 10.3. The van der Waals surface area contributed by atoms with Crippen molar-refractivity contribution in [2.45, 2.75) is 19.0 Å².